The van der Waals surface area contributed by atoms with Gasteiger partial charge < -0.3 is 29.3 Å². The zero-order valence-electron chi connectivity index (χ0n) is 13.4. The third-order valence-electron chi connectivity index (χ3n) is 3.99. The van der Waals surface area contributed by atoms with Crippen LogP contribution in [0, 0.1) is 0 Å². The molecule has 2 heterocycles. The van der Waals surface area contributed by atoms with Crippen molar-refractivity contribution in [3.8, 4) is 0 Å². The van der Waals surface area contributed by atoms with E-state index in [1.165, 1.54) is 7.11 Å². The Morgan fingerprint density at radius 2 is 1.87 bits per heavy atom. The van der Waals surface area contributed by atoms with Gasteiger partial charge in [0.25, 0.3) is 0 Å². The Balaban J connectivity index is 1.86. The number of hydrogen-bond donors (Lipinski definition) is 3. The maximum absolute atomic E-state index is 12.1. The van der Waals surface area contributed by atoms with E-state index in [1.807, 2.05) is 7.85 Å². The number of aliphatic hydroxyl groups excluding tert-OH is 2. The van der Waals surface area contributed by atoms with Crippen molar-refractivity contribution in [2.24, 2.45) is 0 Å². The Labute approximate surface area is 136 Å². The molecule has 0 saturated carbocycles. The summed E-state index contributed by atoms with van der Waals surface area (Å²) in [6.07, 6.45) is -3.76. The molecule has 9 nitrogen and oxygen atoms in total. The topological polar surface area (TPSA) is 124 Å². The second-order valence-electron chi connectivity index (χ2n) is 5.95. The van der Waals surface area contributed by atoms with Crippen LogP contribution in [0.1, 0.15) is 6.42 Å². The van der Waals surface area contributed by atoms with E-state index in [0.29, 0.717) is 6.42 Å². The molecule has 2 saturated heterocycles. The zero-order valence-corrected chi connectivity index (χ0v) is 14.3. The van der Waals surface area contributed by atoms with E-state index in [4.69, 9.17) is 23.3 Å². The molecule has 2 aliphatic heterocycles. The molecule has 4 unspecified atom stereocenters. The lowest BCUT2D eigenvalue weighted by atomic mass is 9.93. The van der Waals surface area contributed by atoms with Crippen molar-refractivity contribution in [1.82, 2.24) is 0 Å². The van der Waals surface area contributed by atoms with E-state index in [-0.39, 0.29) is 19.2 Å². The van der Waals surface area contributed by atoms with E-state index in [9.17, 15) is 19.7 Å². The van der Waals surface area contributed by atoms with Gasteiger partial charge >= 0.3 is 7.82 Å². The standard InChI is InChI=1S/C11H23B2O9P/c1-18-3-6-5(2-8(12)20-6)22-23(16,17)19-4-7-9(14)10(15)11(13)21-7/h5-11,14-15H,2-4,12-13H2,1H3,(H,16,17)/t5?,6-,7+,8-,9?,10?,11+/m1/s1. The van der Waals surface area contributed by atoms with Gasteiger partial charge in [0.15, 0.2) is 0 Å². The number of phosphoric ester groups is 1. The maximum Gasteiger partial charge on any atom is 0.472 e. The van der Waals surface area contributed by atoms with Crippen LogP contribution in [0.4, 0.5) is 0 Å². The lowest BCUT2D eigenvalue weighted by Gasteiger charge is -2.22. The molecule has 0 aromatic carbocycles. The van der Waals surface area contributed by atoms with Gasteiger partial charge in [-0.1, -0.05) is 0 Å². The molecule has 2 fully saturated rings. The number of aliphatic hydroxyl groups is 2. The predicted molar refractivity (Wildman–Crippen MR) is 83.6 cm³/mol. The Hall–Kier alpha value is 0.0399. The first-order valence-electron chi connectivity index (χ1n) is 7.55. The van der Waals surface area contributed by atoms with Crippen LogP contribution >= 0.6 is 7.82 Å². The van der Waals surface area contributed by atoms with Gasteiger partial charge in [0, 0.05) is 13.1 Å². The summed E-state index contributed by atoms with van der Waals surface area (Å²) in [6.45, 7) is -0.127. The smallest absolute Gasteiger partial charge is 0.388 e. The van der Waals surface area contributed by atoms with Gasteiger partial charge in [-0.15, -0.1) is 0 Å². The predicted octanol–water partition coefficient (Wildman–Crippen LogP) is -3.04. The summed E-state index contributed by atoms with van der Waals surface area (Å²) in [6, 6.07) is -0.691. The first kappa shape index (κ1) is 19.4. The average Bonchev–Trinajstić information content (AvgIpc) is 2.91. The van der Waals surface area contributed by atoms with Crippen LogP contribution in [0.5, 0.6) is 0 Å². The van der Waals surface area contributed by atoms with Gasteiger partial charge in [-0.3, -0.25) is 9.05 Å². The molecule has 0 aromatic rings. The number of rotatable bonds is 7. The maximum atomic E-state index is 12.1. The molecule has 0 amide bonds. The Morgan fingerprint density at radius 1 is 1.17 bits per heavy atom. The van der Waals surface area contributed by atoms with Crippen molar-refractivity contribution in [1.29, 1.82) is 0 Å². The van der Waals surface area contributed by atoms with Crippen LogP contribution in [0.15, 0.2) is 0 Å². The summed E-state index contributed by atoms with van der Waals surface area (Å²) < 4.78 is 38.0. The lowest BCUT2D eigenvalue weighted by Crippen LogP contribution is -2.34. The van der Waals surface area contributed by atoms with Gasteiger partial charge in [0.2, 0.25) is 0 Å². The van der Waals surface area contributed by atoms with Crippen LogP contribution in [0.25, 0.3) is 0 Å². The lowest BCUT2D eigenvalue weighted by molar-refractivity contribution is -0.0322. The van der Waals surface area contributed by atoms with Crippen molar-refractivity contribution < 1.29 is 42.9 Å². The summed E-state index contributed by atoms with van der Waals surface area (Å²) >= 11 is 0. The SMILES string of the molecule is B[C@H]1CC(OP(=O)(O)OC[C@@H]2O[C@H](B)C(O)C2O)[C@@H](COC)O1. The number of ether oxygens (including phenoxy) is 3. The summed E-state index contributed by atoms with van der Waals surface area (Å²) in [5.41, 5.74) is 0. The van der Waals surface area contributed by atoms with Crippen molar-refractivity contribution in [3.05, 3.63) is 0 Å². The minimum Gasteiger partial charge on any atom is -0.388 e. The molecule has 0 bridgehead atoms. The molecule has 23 heavy (non-hydrogen) atoms. The molecule has 132 valence electrons. The molecule has 8 atom stereocenters. The average molecular weight is 352 g/mol. The monoisotopic (exact) mass is 352 g/mol. The Morgan fingerprint density at radius 3 is 2.43 bits per heavy atom. The summed E-state index contributed by atoms with van der Waals surface area (Å²) in [5.74, 6) is 0. The van der Waals surface area contributed by atoms with E-state index >= 15 is 0 Å². The van der Waals surface area contributed by atoms with Gasteiger partial charge in [0.05, 0.1) is 25.3 Å². The third kappa shape index (κ3) is 5.01. The minimum atomic E-state index is -4.36. The quantitative estimate of drug-likeness (QED) is 0.324. The highest BCUT2D eigenvalue weighted by Gasteiger charge is 2.43. The van der Waals surface area contributed by atoms with Gasteiger partial charge in [-0.2, -0.15) is 0 Å². The molecular formula is C11H23B2O9P. The third-order valence-corrected chi connectivity index (χ3v) is 5.00. The second kappa shape index (κ2) is 7.95. The van der Waals surface area contributed by atoms with Crippen molar-refractivity contribution >= 4 is 23.5 Å². The molecule has 12 heteroatoms. The number of methoxy groups -OCH3 is 1. The number of phosphoric acid groups is 1. The van der Waals surface area contributed by atoms with Crippen LogP contribution in [-0.4, -0.2) is 93.6 Å². The normalized spacial score (nSPS) is 43.6. The first-order valence-corrected chi connectivity index (χ1v) is 9.04. The van der Waals surface area contributed by atoms with Crippen molar-refractivity contribution in [2.75, 3.05) is 20.3 Å². The fourth-order valence-electron chi connectivity index (χ4n) is 2.78. The van der Waals surface area contributed by atoms with Crippen molar-refractivity contribution in [2.45, 2.75) is 48.9 Å². The van der Waals surface area contributed by atoms with Crippen LogP contribution in [-0.2, 0) is 27.8 Å². The molecule has 0 spiro atoms. The minimum absolute atomic E-state index is 0.115. The van der Waals surface area contributed by atoms with Gasteiger partial charge in [0.1, 0.15) is 40.1 Å². The molecule has 0 aliphatic carbocycles. The molecule has 3 N–H and O–H groups in total. The summed E-state index contributed by atoms with van der Waals surface area (Å²) in [5, 5.41) is 19.3. The fourth-order valence-corrected chi connectivity index (χ4v) is 3.74. The fraction of sp³-hybridized carbons (Fsp3) is 1.00. The van der Waals surface area contributed by atoms with Gasteiger partial charge in [-0.05, 0) is 6.42 Å². The Kier molecular flexibility index (Phi) is 6.69. The van der Waals surface area contributed by atoms with Crippen LogP contribution < -0.4 is 0 Å². The molecule has 0 aromatic heterocycles. The van der Waals surface area contributed by atoms with Gasteiger partial charge in [-0.25, -0.2) is 4.57 Å². The highest BCUT2D eigenvalue weighted by molar-refractivity contribution is 7.47. The first-order chi connectivity index (χ1) is 10.7. The molecule has 0 radical (unpaired) electrons. The van der Waals surface area contributed by atoms with E-state index < -0.39 is 44.3 Å². The van der Waals surface area contributed by atoms with Crippen molar-refractivity contribution in [3.63, 3.8) is 0 Å². The van der Waals surface area contributed by atoms with E-state index in [2.05, 4.69) is 0 Å². The second-order valence-corrected chi connectivity index (χ2v) is 7.35. The molecule has 2 aliphatic rings. The molecule has 2 rings (SSSR count). The van der Waals surface area contributed by atoms with E-state index in [0.717, 1.165) is 0 Å². The molecular weight excluding hydrogens is 329 g/mol. The highest BCUT2D eigenvalue weighted by Crippen LogP contribution is 2.47. The highest BCUT2D eigenvalue weighted by atomic mass is 31.2. The summed E-state index contributed by atoms with van der Waals surface area (Å²) in [4.78, 5) is 9.84. The Bertz CT molecular complexity index is 442. The van der Waals surface area contributed by atoms with Crippen LogP contribution in [0.2, 0.25) is 0 Å². The van der Waals surface area contributed by atoms with Crippen LogP contribution in [0.3, 0.4) is 0 Å². The zero-order chi connectivity index (χ0) is 17.2. The summed E-state index contributed by atoms with van der Waals surface area (Å²) in [7, 11) is 0.574. The number of hydrogen-bond acceptors (Lipinski definition) is 8. The van der Waals surface area contributed by atoms with E-state index in [1.54, 1.807) is 7.85 Å². The largest absolute Gasteiger partial charge is 0.472 e.